The van der Waals surface area contributed by atoms with Gasteiger partial charge in [-0.1, -0.05) is 42.7 Å². The molecule has 0 saturated heterocycles. The molecule has 230 valence electrons. The first kappa shape index (κ1) is 31.6. The van der Waals surface area contributed by atoms with Crippen LogP contribution in [0.15, 0.2) is 45.7 Å². The normalized spacial score (nSPS) is 16.8. The van der Waals surface area contributed by atoms with Crippen molar-refractivity contribution < 1.29 is 43.0 Å². The van der Waals surface area contributed by atoms with Crippen LogP contribution in [0.5, 0.6) is 11.5 Å². The lowest BCUT2D eigenvalue weighted by Crippen LogP contribution is -2.46. The maximum atomic E-state index is 14.4. The summed E-state index contributed by atoms with van der Waals surface area (Å²) in [5, 5.41) is 13.4. The number of rotatable bonds is 11. The smallest absolute Gasteiger partial charge is 0.442 e. The van der Waals surface area contributed by atoms with Crippen molar-refractivity contribution in [3.63, 3.8) is 0 Å². The van der Waals surface area contributed by atoms with Crippen molar-refractivity contribution in [1.29, 1.82) is 0 Å². The maximum absolute atomic E-state index is 14.4. The number of aromatic nitrogens is 2. The predicted molar refractivity (Wildman–Crippen MR) is 153 cm³/mol. The van der Waals surface area contributed by atoms with Crippen LogP contribution in [0.4, 0.5) is 5.69 Å². The molecule has 1 aromatic heterocycles. The molecule has 2 aromatic carbocycles. The number of carbonyl (C=O) groups is 3. The largest absolute Gasteiger partial charge is 0.493 e. The van der Waals surface area contributed by atoms with Gasteiger partial charge in [-0.3, -0.25) is 18.9 Å². The molecule has 1 aliphatic heterocycles. The Balaban J connectivity index is 1.90. The molecule has 43 heavy (non-hydrogen) atoms. The van der Waals surface area contributed by atoms with Crippen LogP contribution in [-0.2, 0) is 36.8 Å². The number of anilines is 1. The Morgan fingerprint density at radius 3 is 2.51 bits per heavy atom. The molecule has 2 atom stereocenters. The second kappa shape index (κ2) is 12.9. The minimum atomic E-state index is -1.30. The van der Waals surface area contributed by atoms with Crippen molar-refractivity contribution >= 4 is 35.1 Å². The van der Waals surface area contributed by atoms with Crippen molar-refractivity contribution in [2.45, 2.75) is 45.9 Å². The summed E-state index contributed by atoms with van der Waals surface area (Å²) in [6.45, 7) is 4.37. The predicted octanol–water partition coefficient (Wildman–Crippen LogP) is 3.24. The maximum Gasteiger partial charge on any atom is 0.442 e. The summed E-state index contributed by atoms with van der Waals surface area (Å²) in [6.07, 6.45) is -2.54. The molecule has 0 bridgehead atoms. The van der Waals surface area contributed by atoms with Crippen LogP contribution in [0.3, 0.4) is 0 Å². The highest BCUT2D eigenvalue weighted by molar-refractivity contribution is 6.30. The summed E-state index contributed by atoms with van der Waals surface area (Å²) in [5.74, 6) is -2.57. The third-order valence-electron chi connectivity index (χ3n) is 6.80. The van der Waals surface area contributed by atoms with Gasteiger partial charge >= 0.3 is 17.7 Å². The zero-order valence-electron chi connectivity index (χ0n) is 24.3. The number of ether oxygens (including phenoxy) is 4. The summed E-state index contributed by atoms with van der Waals surface area (Å²) < 4.78 is 28.6. The van der Waals surface area contributed by atoms with E-state index in [1.165, 1.54) is 26.0 Å². The molecule has 0 unspecified atom stereocenters. The van der Waals surface area contributed by atoms with Gasteiger partial charge in [0.05, 0.1) is 20.8 Å². The fourth-order valence-corrected chi connectivity index (χ4v) is 5.08. The van der Waals surface area contributed by atoms with Gasteiger partial charge in [-0.25, -0.2) is 9.36 Å². The number of amides is 1. The van der Waals surface area contributed by atoms with Gasteiger partial charge in [0.1, 0.15) is 18.8 Å². The highest BCUT2D eigenvalue weighted by Crippen LogP contribution is 2.45. The summed E-state index contributed by atoms with van der Waals surface area (Å²) in [5.41, 5.74) is 0.814. The van der Waals surface area contributed by atoms with Crippen molar-refractivity contribution in [1.82, 2.24) is 9.72 Å². The van der Waals surface area contributed by atoms with E-state index in [-0.39, 0.29) is 25.4 Å². The second-order valence-electron chi connectivity index (χ2n) is 10.7. The van der Waals surface area contributed by atoms with Crippen LogP contribution in [0, 0.1) is 5.41 Å². The molecule has 1 aliphatic rings. The summed E-state index contributed by atoms with van der Waals surface area (Å²) in [6, 6.07) is 10.2. The number of carboxylic acids is 1. The van der Waals surface area contributed by atoms with Gasteiger partial charge in [-0.15, -0.1) is 0 Å². The molecule has 1 N–H and O–H groups in total. The van der Waals surface area contributed by atoms with E-state index in [2.05, 4.69) is 5.16 Å². The Morgan fingerprint density at radius 2 is 1.86 bits per heavy atom. The van der Waals surface area contributed by atoms with Gasteiger partial charge in [-0.2, -0.15) is 0 Å². The number of nitrogens with zero attached hydrogens (tertiary/aromatic N) is 3. The quantitative estimate of drug-likeness (QED) is 0.315. The molecule has 4 rings (SSSR count). The summed E-state index contributed by atoms with van der Waals surface area (Å²) in [4.78, 5) is 51.1. The van der Waals surface area contributed by atoms with E-state index in [0.717, 1.165) is 4.57 Å². The topological polar surface area (TPSA) is 160 Å². The average Bonchev–Trinajstić information content (AvgIpc) is 3.24. The van der Waals surface area contributed by atoms with Crippen LogP contribution in [-0.4, -0.2) is 66.2 Å². The Bertz CT molecular complexity index is 1580. The van der Waals surface area contributed by atoms with Gasteiger partial charge in [0.2, 0.25) is 0 Å². The van der Waals surface area contributed by atoms with Crippen LogP contribution in [0.2, 0.25) is 5.02 Å². The Kier molecular flexibility index (Phi) is 9.46. The lowest BCUT2D eigenvalue weighted by molar-refractivity contribution is -0.144. The minimum Gasteiger partial charge on any atom is -0.493 e. The number of aliphatic carboxylic acids is 1. The van der Waals surface area contributed by atoms with E-state index in [0.29, 0.717) is 33.3 Å². The van der Waals surface area contributed by atoms with Gasteiger partial charge in [-0.05, 0) is 24.3 Å². The Morgan fingerprint density at radius 1 is 1.12 bits per heavy atom. The molecular formula is C29H32ClN3O10. The Labute approximate surface area is 251 Å². The highest BCUT2D eigenvalue weighted by Gasteiger charge is 2.41. The van der Waals surface area contributed by atoms with Gasteiger partial charge < -0.3 is 29.0 Å². The van der Waals surface area contributed by atoms with Crippen LogP contribution in [0.1, 0.15) is 43.8 Å². The molecule has 0 fully saturated rings. The monoisotopic (exact) mass is 617 g/mol. The zero-order valence-corrected chi connectivity index (χ0v) is 25.0. The molecule has 0 aliphatic carbocycles. The number of fused-ring (bicyclic) bond motifs is 1. The number of hydrogen-bond acceptors (Lipinski definition) is 10. The summed E-state index contributed by atoms with van der Waals surface area (Å²) >= 11 is 6.47. The molecule has 0 spiro atoms. The number of esters is 1. The van der Waals surface area contributed by atoms with Gasteiger partial charge in [0, 0.05) is 47.1 Å². The molecule has 2 heterocycles. The molecule has 0 saturated carbocycles. The molecular weight excluding hydrogens is 586 g/mol. The van der Waals surface area contributed by atoms with E-state index in [4.69, 9.17) is 35.1 Å². The molecule has 14 heteroatoms. The fourth-order valence-electron chi connectivity index (χ4n) is 4.90. The minimum absolute atomic E-state index is 0.0230. The lowest BCUT2D eigenvalue weighted by atomic mass is 9.92. The number of para-hydroxylation sites is 1. The third-order valence-corrected chi connectivity index (χ3v) is 7.03. The van der Waals surface area contributed by atoms with E-state index >= 15 is 0 Å². The van der Waals surface area contributed by atoms with E-state index in [1.807, 2.05) is 13.8 Å². The van der Waals surface area contributed by atoms with E-state index < -0.39 is 47.8 Å². The molecule has 1 amide bonds. The van der Waals surface area contributed by atoms with Gasteiger partial charge in [0.15, 0.2) is 17.3 Å². The molecule has 13 nitrogen and oxygen atoms in total. The van der Waals surface area contributed by atoms with E-state index in [9.17, 15) is 24.3 Å². The van der Waals surface area contributed by atoms with Crippen molar-refractivity contribution in [2.24, 2.45) is 5.41 Å². The third kappa shape index (κ3) is 7.00. The Hall–Kier alpha value is -4.36. The number of carbonyl (C=O) groups excluding carboxylic acids is 2. The first-order chi connectivity index (χ1) is 20.3. The van der Waals surface area contributed by atoms with Crippen LogP contribution in [0.25, 0.3) is 0 Å². The first-order valence-corrected chi connectivity index (χ1v) is 13.6. The van der Waals surface area contributed by atoms with Crippen molar-refractivity contribution in [3.05, 3.63) is 68.9 Å². The highest BCUT2D eigenvalue weighted by atomic mass is 35.5. The number of carboxylic acid groups (broad SMARTS) is 1. The lowest BCUT2D eigenvalue weighted by Gasteiger charge is -2.33. The number of methoxy groups -OCH3 is 2. The van der Waals surface area contributed by atoms with Crippen LogP contribution < -0.4 is 20.1 Å². The average molecular weight is 618 g/mol. The first-order valence-electron chi connectivity index (χ1n) is 13.2. The van der Waals surface area contributed by atoms with Gasteiger partial charge in [0.25, 0.3) is 5.91 Å². The molecule has 3 aromatic rings. The standard InChI is InChI=1S/C29H32ClN3O10/c1-16(34)41-15-29(2,3)14-33-20-10-9-17(30)11-19(20)25(18-7-6-8-21(39-4)26(18)40-5)42-22(27(33)37)12-23-31-43-28(38)32(23)13-24(35)36/h6-11,22,25H,12-15H2,1-5H3,(H,35,36)/t22-,25-/m1/s1. The number of benzene rings is 2. The second-order valence-corrected chi connectivity index (χ2v) is 11.1. The van der Waals surface area contributed by atoms with Crippen LogP contribution >= 0.6 is 11.6 Å². The number of hydrogen-bond donors (Lipinski definition) is 1. The summed E-state index contributed by atoms with van der Waals surface area (Å²) in [7, 11) is 2.97. The molecule has 0 radical (unpaired) electrons. The fraction of sp³-hybridized carbons (Fsp3) is 0.414. The zero-order chi connectivity index (χ0) is 31.5. The van der Waals surface area contributed by atoms with E-state index in [1.54, 1.807) is 36.4 Å². The van der Waals surface area contributed by atoms with Crippen molar-refractivity contribution in [3.8, 4) is 11.5 Å². The SMILES string of the molecule is COc1cccc([C@H]2O[C@H](Cc3noc(=O)n3CC(=O)O)C(=O)N(CC(C)(C)COC(C)=O)c3ccc(Cl)cc32)c1OC. The van der Waals surface area contributed by atoms with Crippen molar-refractivity contribution in [2.75, 3.05) is 32.3 Å². The number of halogens is 1.